The molecule has 3 aliphatic rings. The molecule has 1 unspecified atom stereocenters. The van der Waals surface area contributed by atoms with Crippen LogP contribution < -0.4 is 5.56 Å². The van der Waals surface area contributed by atoms with Gasteiger partial charge < -0.3 is 14.5 Å². The Balaban J connectivity index is 1.50. The largest absolute Gasteiger partial charge is 0.335 e. The molecule has 1 N–H and O–H groups in total. The number of carbonyl (C=O) groups excluding carboxylic acids is 1. The summed E-state index contributed by atoms with van der Waals surface area (Å²) in [6.45, 7) is 1.37. The molecule has 2 fully saturated rings. The monoisotopic (exact) mass is 353 g/mol. The van der Waals surface area contributed by atoms with Crippen LogP contribution in [0.4, 0.5) is 0 Å². The molecule has 1 saturated heterocycles. The number of imidazole rings is 1. The van der Waals surface area contributed by atoms with Crippen LogP contribution in [0.25, 0.3) is 0 Å². The highest BCUT2D eigenvalue weighted by molar-refractivity contribution is 5.91. The standard InChI is InChI=1S/C19H23N5O2/c1-23-10-8-20-16(23)18(26)24-9-2-6-19(11-24)7-5-13-14(19)21-15(12-3-4-12)22-17(13)25/h8,10,12H,2-7,9,11H2,1H3,(H,21,22,25). The molecule has 3 heterocycles. The molecular formula is C19H23N5O2. The van der Waals surface area contributed by atoms with Gasteiger partial charge in [-0.1, -0.05) is 0 Å². The summed E-state index contributed by atoms with van der Waals surface area (Å²) in [4.78, 5) is 39.5. The van der Waals surface area contributed by atoms with Gasteiger partial charge in [-0.15, -0.1) is 0 Å². The van der Waals surface area contributed by atoms with Gasteiger partial charge in [0, 0.05) is 49.4 Å². The van der Waals surface area contributed by atoms with E-state index in [1.54, 1.807) is 17.0 Å². The lowest BCUT2D eigenvalue weighted by Crippen LogP contribution is -2.48. The highest BCUT2D eigenvalue weighted by Gasteiger charge is 2.46. The number of hydrogen-bond acceptors (Lipinski definition) is 4. The number of aromatic nitrogens is 4. The number of nitrogens with one attached hydrogen (secondary N) is 1. The maximum Gasteiger partial charge on any atom is 0.289 e. The number of carbonyl (C=O) groups is 1. The lowest BCUT2D eigenvalue weighted by molar-refractivity contribution is 0.0617. The van der Waals surface area contributed by atoms with E-state index < -0.39 is 0 Å². The van der Waals surface area contributed by atoms with Crippen LogP contribution in [0.2, 0.25) is 0 Å². The van der Waals surface area contributed by atoms with Gasteiger partial charge in [0.05, 0.1) is 5.69 Å². The van der Waals surface area contributed by atoms with Crippen LogP contribution in [0.1, 0.15) is 65.7 Å². The minimum Gasteiger partial charge on any atom is -0.335 e. The van der Waals surface area contributed by atoms with Crippen molar-refractivity contribution in [3.05, 3.63) is 45.7 Å². The molecule has 0 bridgehead atoms. The minimum atomic E-state index is -0.174. The van der Waals surface area contributed by atoms with Crippen molar-refractivity contribution < 1.29 is 4.79 Å². The van der Waals surface area contributed by atoms with E-state index in [2.05, 4.69) is 9.97 Å². The quantitative estimate of drug-likeness (QED) is 0.887. The van der Waals surface area contributed by atoms with Crippen molar-refractivity contribution in [3.63, 3.8) is 0 Å². The fraction of sp³-hybridized carbons (Fsp3) is 0.579. The zero-order valence-electron chi connectivity index (χ0n) is 15.0. The topological polar surface area (TPSA) is 83.9 Å². The van der Waals surface area contributed by atoms with Crippen molar-refractivity contribution in [1.82, 2.24) is 24.4 Å². The van der Waals surface area contributed by atoms with Gasteiger partial charge in [-0.05, 0) is 38.5 Å². The van der Waals surface area contributed by atoms with Gasteiger partial charge in [-0.2, -0.15) is 0 Å². The second kappa shape index (κ2) is 5.53. The van der Waals surface area contributed by atoms with Crippen molar-refractivity contribution in [2.45, 2.75) is 49.9 Å². The maximum atomic E-state index is 12.9. The summed E-state index contributed by atoms with van der Waals surface area (Å²) < 4.78 is 1.76. The maximum absolute atomic E-state index is 12.9. The summed E-state index contributed by atoms with van der Waals surface area (Å²) in [6, 6.07) is 0. The zero-order chi connectivity index (χ0) is 17.9. The molecule has 2 aliphatic carbocycles. The fourth-order valence-corrected chi connectivity index (χ4v) is 4.63. The smallest absolute Gasteiger partial charge is 0.289 e. The Hall–Kier alpha value is -2.44. The molecule has 1 saturated carbocycles. The average molecular weight is 353 g/mol. The molecule has 5 rings (SSSR count). The van der Waals surface area contributed by atoms with E-state index in [0.29, 0.717) is 18.3 Å². The van der Waals surface area contributed by atoms with Gasteiger partial charge in [0.15, 0.2) is 5.82 Å². The molecule has 136 valence electrons. The predicted molar refractivity (Wildman–Crippen MR) is 95.2 cm³/mol. The summed E-state index contributed by atoms with van der Waals surface area (Å²) in [5.74, 6) is 1.71. The molecule has 7 heteroatoms. The Morgan fingerprint density at radius 1 is 1.35 bits per heavy atom. The first kappa shape index (κ1) is 15.8. The second-order valence-corrected chi connectivity index (χ2v) is 8.02. The number of aryl methyl sites for hydroxylation is 1. The first-order valence-electron chi connectivity index (χ1n) is 9.48. The van der Waals surface area contributed by atoms with Gasteiger partial charge in [-0.3, -0.25) is 9.59 Å². The van der Waals surface area contributed by atoms with Crippen molar-refractivity contribution in [2.24, 2.45) is 7.05 Å². The van der Waals surface area contributed by atoms with E-state index >= 15 is 0 Å². The van der Waals surface area contributed by atoms with E-state index in [4.69, 9.17) is 4.98 Å². The molecule has 26 heavy (non-hydrogen) atoms. The summed E-state index contributed by atoms with van der Waals surface area (Å²) in [5.41, 5.74) is 1.65. The Kier molecular flexibility index (Phi) is 3.36. The molecule has 1 amide bonds. The van der Waals surface area contributed by atoms with Crippen molar-refractivity contribution in [2.75, 3.05) is 13.1 Å². The fourth-order valence-electron chi connectivity index (χ4n) is 4.63. The van der Waals surface area contributed by atoms with Gasteiger partial charge in [-0.25, -0.2) is 9.97 Å². The minimum absolute atomic E-state index is 0.0290. The van der Waals surface area contributed by atoms with E-state index in [9.17, 15) is 9.59 Å². The van der Waals surface area contributed by atoms with Crippen molar-refractivity contribution in [3.8, 4) is 0 Å². The lowest BCUT2D eigenvalue weighted by Gasteiger charge is -2.40. The Morgan fingerprint density at radius 2 is 2.19 bits per heavy atom. The molecular weight excluding hydrogens is 330 g/mol. The van der Waals surface area contributed by atoms with E-state index in [1.165, 1.54) is 0 Å². The van der Waals surface area contributed by atoms with Crippen LogP contribution >= 0.6 is 0 Å². The van der Waals surface area contributed by atoms with Crippen LogP contribution in [0.3, 0.4) is 0 Å². The number of amides is 1. The highest BCUT2D eigenvalue weighted by atomic mass is 16.2. The van der Waals surface area contributed by atoms with Gasteiger partial charge >= 0.3 is 0 Å². The summed E-state index contributed by atoms with van der Waals surface area (Å²) in [6.07, 6.45) is 9.25. The number of nitrogens with zero attached hydrogens (tertiary/aromatic N) is 4. The lowest BCUT2D eigenvalue weighted by atomic mass is 9.77. The van der Waals surface area contributed by atoms with E-state index in [-0.39, 0.29) is 16.9 Å². The van der Waals surface area contributed by atoms with Crippen LogP contribution in [0.5, 0.6) is 0 Å². The van der Waals surface area contributed by atoms with Crippen molar-refractivity contribution in [1.29, 1.82) is 0 Å². The van der Waals surface area contributed by atoms with E-state index in [1.807, 2.05) is 11.9 Å². The van der Waals surface area contributed by atoms with Gasteiger partial charge in [0.25, 0.3) is 11.5 Å². The summed E-state index contributed by atoms with van der Waals surface area (Å²) in [7, 11) is 1.84. The molecule has 1 aliphatic heterocycles. The zero-order valence-corrected chi connectivity index (χ0v) is 15.0. The van der Waals surface area contributed by atoms with Crippen LogP contribution in [-0.2, 0) is 18.9 Å². The first-order valence-corrected chi connectivity index (χ1v) is 9.48. The molecule has 2 aromatic rings. The second-order valence-electron chi connectivity index (χ2n) is 8.02. The summed E-state index contributed by atoms with van der Waals surface area (Å²) in [5, 5.41) is 0. The number of aromatic amines is 1. The average Bonchev–Trinajstić information content (AvgIpc) is 3.32. The van der Waals surface area contributed by atoms with E-state index in [0.717, 1.165) is 62.2 Å². The molecule has 1 spiro atoms. The number of likely N-dealkylation sites (tertiary alicyclic amines) is 1. The number of rotatable bonds is 2. The number of piperidine rings is 1. The third-order valence-corrected chi connectivity index (χ3v) is 6.23. The van der Waals surface area contributed by atoms with Crippen LogP contribution in [0, 0.1) is 0 Å². The van der Waals surface area contributed by atoms with Crippen LogP contribution in [0.15, 0.2) is 17.2 Å². The van der Waals surface area contributed by atoms with Gasteiger partial charge in [0.1, 0.15) is 5.82 Å². The normalized spacial score (nSPS) is 24.9. The molecule has 2 aromatic heterocycles. The third-order valence-electron chi connectivity index (χ3n) is 6.23. The Bertz CT molecular complexity index is 942. The molecule has 1 atom stereocenters. The highest BCUT2D eigenvalue weighted by Crippen LogP contribution is 2.45. The first-order chi connectivity index (χ1) is 12.6. The predicted octanol–water partition coefficient (Wildman–Crippen LogP) is 1.50. The van der Waals surface area contributed by atoms with Gasteiger partial charge in [0.2, 0.25) is 0 Å². The van der Waals surface area contributed by atoms with Crippen molar-refractivity contribution >= 4 is 5.91 Å². The number of H-pyrrole nitrogens is 1. The SMILES string of the molecule is Cn1ccnc1C(=O)N1CCCC2(CCc3c2nc(C2CC2)[nH]c3=O)C1. The summed E-state index contributed by atoms with van der Waals surface area (Å²) >= 11 is 0. The number of fused-ring (bicyclic) bond motifs is 2. The van der Waals surface area contributed by atoms with Crippen LogP contribution in [-0.4, -0.2) is 43.4 Å². The third kappa shape index (κ3) is 2.33. The molecule has 0 aromatic carbocycles. The Morgan fingerprint density at radius 3 is 2.92 bits per heavy atom. The molecule has 7 nitrogen and oxygen atoms in total. The Labute approximate surface area is 151 Å². The number of hydrogen-bond donors (Lipinski definition) is 1. The molecule has 0 radical (unpaired) electrons.